The van der Waals surface area contributed by atoms with E-state index in [9.17, 15) is 0 Å². The molecule has 0 aromatic rings. The molecule has 0 aromatic carbocycles. The number of aliphatic hydroxyl groups excluding tert-OH is 1. The third-order valence-corrected chi connectivity index (χ3v) is 2.15. The largest absolute Gasteiger partial charge is 0.396 e. The molecule has 0 spiro atoms. The lowest BCUT2D eigenvalue weighted by atomic mass is 9.90. The van der Waals surface area contributed by atoms with Gasteiger partial charge in [-0.2, -0.15) is 0 Å². The van der Waals surface area contributed by atoms with Crippen molar-refractivity contribution in [2.24, 2.45) is 5.41 Å². The molecule has 0 atom stereocenters. The monoisotopic (exact) mass is 185 g/mol. The first-order valence-electron chi connectivity index (χ1n) is 5.05. The van der Waals surface area contributed by atoms with Crippen LogP contribution in [0.4, 0.5) is 0 Å². The van der Waals surface area contributed by atoms with E-state index < -0.39 is 0 Å². The third-order valence-electron chi connectivity index (χ3n) is 2.15. The maximum absolute atomic E-state index is 8.80. The van der Waals surface area contributed by atoms with Gasteiger partial charge in [0.1, 0.15) is 0 Å². The molecule has 0 heterocycles. The fourth-order valence-electron chi connectivity index (χ4n) is 1.19. The van der Waals surface area contributed by atoms with Crippen molar-refractivity contribution >= 4 is 0 Å². The standard InChI is InChI=1S/C11H23NO/c1-4-5-6-8-12-10-11(2,3)7-9-13/h4,12-13H,1,5-10H2,2-3H3. The quantitative estimate of drug-likeness (QED) is 0.447. The Morgan fingerprint density at radius 3 is 2.69 bits per heavy atom. The van der Waals surface area contributed by atoms with Crippen molar-refractivity contribution < 1.29 is 5.11 Å². The van der Waals surface area contributed by atoms with E-state index in [1.807, 2.05) is 6.08 Å². The molecular weight excluding hydrogens is 162 g/mol. The van der Waals surface area contributed by atoms with Crippen molar-refractivity contribution in [3.05, 3.63) is 12.7 Å². The molecule has 0 bridgehead atoms. The predicted octanol–water partition coefficient (Wildman–Crippen LogP) is 1.95. The molecule has 0 aliphatic heterocycles. The minimum atomic E-state index is 0.211. The normalized spacial score (nSPS) is 11.6. The Bertz CT molecular complexity index is 132. The van der Waals surface area contributed by atoms with Crippen LogP contribution in [-0.4, -0.2) is 24.8 Å². The van der Waals surface area contributed by atoms with E-state index in [4.69, 9.17) is 5.11 Å². The number of allylic oxidation sites excluding steroid dienone is 1. The van der Waals surface area contributed by atoms with E-state index in [2.05, 4.69) is 25.7 Å². The van der Waals surface area contributed by atoms with E-state index in [0.717, 1.165) is 32.4 Å². The van der Waals surface area contributed by atoms with Gasteiger partial charge in [0.2, 0.25) is 0 Å². The number of rotatable bonds is 8. The highest BCUT2D eigenvalue weighted by Gasteiger charge is 2.15. The number of nitrogens with one attached hydrogen (secondary N) is 1. The smallest absolute Gasteiger partial charge is 0.0436 e. The molecule has 0 saturated carbocycles. The van der Waals surface area contributed by atoms with Gasteiger partial charge in [0.25, 0.3) is 0 Å². The Morgan fingerprint density at radius 1 is 1.46 bits per heavy atom. The Labute approximate surface area is 82.0 Å². The molecule has 0 aromatic heterocycles. The Hall–Kier alpha value is -0.340. The predicted molar refractivity (Wildman–Crippen MR) is 57.8 cm³/mol. The van der Waals surface area contributed by atoms with Gasteiger partial charge in [0, 0.05) is 13.2 Å². The molecule has 13 heavy (non-hydrogen) atoms. The van der Waals surface area contributed by atoms with Crippen LogP contribution in [0.3, 0.4) is 0 Å². The molecule has 0 aliphatic rings. The van der Waals surface area contributed by atoms with Crippen LogP contribution in [0.1, 0.15) is 33.1 Å². The Kier molecular flexibility index (Phi) is 6.92. The highest BCUT2D eigenvalue weighted by molar-refractivity contribution is 4.72. The summed E-state index contributed by atoms with van der Waals surface area (Å²) in [5, 5.41) is 12.2. The highest BCUT2D eigenvalue weighted by atomic mass is 16.3. The lowest BCUT2D eigenvalue weighted by Gasteiger charge is -2.23. The summed E-state index contributed by atoms with van der Waals surface area (Å²) in [6.07, 6.45) is 5.04. The number of unbranched alkanes of at least 4 members (excludes halogenated alkanes) is 1. The van der Waals surface area contributed by atoms with Gasteiger partial charge in [-0.3, -0.25) is 0 Å². The van der Waals surface area contributed by atoms with Crippen LogP contribution in [0.2, 0.25) is 0 Å². The lowest BCUT2D eigenvalue weighted by Crippen LogP contribution is -2.30. The van der Waals surface area contributed by atoms with Gasteiger partial charge in [0.15, 0.2) is 0 Å². The van der Waals surface area contributed by atoms with Crippen LogP contribution in [0, 0.1) is 5.41 Å². The first-order valence-corrected chi connectivity index (χ1v) is 5.05. The molecule has 0 saturated heterocycles. The first kappa shape index (κ1) is 12.7. The van der Waals surface area contributed by atoms with E-state index in [1.165, 1.54) is 0 Å². The highest BCUT2D eigenvalue weighted by Crippen LogP contribution is 2.17. The molecular formula is C11H23NO. The van der Waals surface area contributed by atoms with Crippen molar-refractivity contribution in [1.29, 1.82) is 0 Å². The average Bonchev–Trinajstić information content (AvgIpc) is 2.04. The Balaban J connectivity index is 3.34. The topological polar surface area (TPSA) is 32.3 Å². The molecule has 2 nitrogen and oxygen atoms in total. The van der Waals surface area contributed by atoms with Gasteiger partial charge < -0.3 is 10.4 Å². The molecule has 2 N–H and O–H groups in total. The van der Waals surface area contributed by atoms with Gasteiger partial charge in [-0.25, -0.2) is 0 Å². The van der Waals surface area contributed by atoms with Crippen molar-refractivity contribution in [1.82, 2.24) is 5.32 Å². The summed E-state index contributed by atoms with van der Waals surface area (Å²) in [6, 6.07) is 0. The molecule has 0 radical (unpaired) electrons. The molecule has 78 valence electrons. The second-order valence-electron chi connectivity index (χ2n) is 4.25. The van der Waals surface area contributed by atoms with Crippen molar-refractivity contribution in [3.8, 4) is 0 Å². The van der Waals surface area contributed by atoms with Crippen LogP contribution in [0.25, 0.3) is 0 Å². The summed E-state index contributed by atoms with van der Waals surface area (Å²) < 4.78 is 0. The van der Waals surface area contributed by atoms with Crippen molar-refractivity contribution in [2.45, 2.75) is 33.1 Å². The molecule has 2 heteroatoms. The van der Waals surface area contributed by atoms with Gasteiger partial charge in [-0.05, 0) is 31.2 Å². The van der Waals surface area contributed by atoms with Crippen molar-refractivity contribution in [3.63, 3.8) is 0 Å². The zero-order valence-corrected chi connectivity index (χ0v) is 8.97. The van der Waals surface area contributed by atoms with Gasteiger partial charge in [-0.15, -0.1) is 6.58 Å². The van der Waals surface area contributed by atoms with E-state index in [1.54, 1.807) is 0 Å². The van der Waals surface area contributed by atoms with E-state index in [-0.39, 0.29) is 12.0 Å². The van der Waals surface area contributed by atoms with Crippen LogP contribution < -0.4 is 5.32 Å². The van der Waals surface area contributed by atoms with Crippen molar-refractivity contribution in [2.75, 3.05) is 19.7 Å². The summed E-state index contributed by atoms with van der Waals surface area (Å²) in [7, 11) is 0. The molecule has 0 fully saturated rings. The molecule has 0 unspecified atom stereocenters. The van der Waals surface area contributed by atoms with E-state index in [0.29, 0.717) is 0 Å². The Morgan fingerprint density at radius 2 is 2.15 bits per heavy atom. The van der Waals surface area contributed by atoms with Gasteiger partial charge in [-0.1, -0.05) is 19.9 Å². The summed E-state index contributed by atoms with van der Waals surface area (Å²) in [4.78, 5) is 0. The molecule has 0 amide bonds. The summed E-state index contributed by atoms with van der Waals surface area (Å²) in [5.41, 5.74) is 0.211. The molecule has 0 rings (SSSR count). The zero-order valence-electron chi connectivity index (χ0n) is 8.97. The van der Waals surface area contributed by atoms with Crippen LogP contribution >= 0.6 is 0 Å². The fourth-order valence-corrected chi connectivity index (χ4v) is 1.19. The van der Waals surface area contributed by atoms with Crippen LogP contribution in [0.5, 0.6) is 0 Å². The van der Waals surface area contributed by atoms with Gasteiger partial charge >= 0.3 is 0 Å². The fraction of sp³-hybridized carbons (Fsp3) is 0.818. The van der Waals surface area contributed by atoms with Crippen LogP contribution in [-0.2, 0) is 0 Å². The summed E-state index contributed by atoms with van der Waals surface area (Å²) in [6.45, 7) is 10.3. The SMILES string of the molecule is C=CCCCNCC(C)(C)CCO. The summed E-state index contributed by atoms with van der Waals surface area (Å²) >= 11 is 0. The van der Waals surface area contributed by atoms with Crippen LogP contribution in [0.15, 0.2) is 12.7 Å². The first-order chi connectivity index (χ1) is 6.12. The average molecular weight is 185 g/mol. The second-order valence-corrected chi connectivity index (χ2v) is 4.25. The second kappa shape index (κ2) is 7.10. The number of hydrogen-bond donors (Lipinski definition) is 2. The minimum Gasteiger partial charge on any atom is -0.396 e. The number of aliphatic hydroxyl groups is 1. The van der Waals surface area contributed by atoms with E-state index >= 15 is 0 Å². The number of hydrogen-bond acceptors (Lipinski definition) is 2. The maximum Gasteiger partial charge on any atom is 0.0436 e. The molecule has 0 aliphatic carbocycles. The third kappa shape index (κ3) is 8.00. The lowest BCUT2D eigenvalue weighted by molar-refractivity contribution is 0.207. The summed E-state index contributed by atoms with van der Waals surface area (Å²) in [5.74, 6) is 0. The maximum atomic E-state index is 8.80. The minimum absolute atomic E-state index is 0.211. The van der Waals surface area contributed by atoms with Gasteiger partial charge in [0.05, 0.1) is 0 Å². The zero-order chi connectivity index (χ0) is 10.2.